The van der Waals surface area contributed by atoms with Gasteiger partial charge in [-0.3, -0.25) is 9.59 Å². The summed E-state index contributed by atoms with van der Waals surface area (Å²) >= 11 is 0. The second-order valence-electron chi connectivity index (χ2n) is 11.1. The van der Waals surface area contributed by atoms with E-state index in [1.54, 1.807) is 0 Å². The summed E-state index contributed by atoms with van der Waals surface area (Å²) in [5, 5.41) is 0. The van der Waals surface area contributed by atoms with Gasteiger partial charge in [-0.2, -0.15) is 0 Å². The standard InChI is InChI=1S/C29H32O4/c1-16-14-19(18-10-8-7-9-11-18)15-17(2)21(16)23-25(30)24-22(20-12-13-29(24,6)33-20)26(23)32-27(31)28(3,4)5/h7-11,14-15,20,22,24H,12-13H2,1-6H3/t20?,22-,24+,29?/m1/s1. The lowest BCUT2D eigenvalue weighted by atomic mass is 9.73. The van der Waals surface area contributed by atoms with Crippen LogP contribution >= 0.6 is 0 Å². The molecule has 1 aliphatic carbocycles. The van der Waals surface area contributed by atoms with Gasteiger partial charge in [0.15, 0.2) is 5.78 Å². The summed E-state index contributed by atoms with van der Waals surface area (Å²) in [5.74, 6) is -0.212. The highest BCUT2D eigenvalue weighted by Crippen LogP contribution is 2.60. The first-order chi connectivity index (χ1) is 15.5. The Balaban J connectivity index is 1.67. The summed E-state index contributed by atoms with van der Waals surface area (Å²) < 4.78 is 12.4. The van der Waals surface area contributed by atoms with Crippen LogP contribution in [0.3, 0.4) is 0 Å². The number of ketones is 1. The second-order valence-corrected chi connectivity index (χ2v) is 11.1. The summed E-state index contributed by atoms with van der Waals surface area (Å²) in [7, 11) is 0. The molecule has 4 heteroatoms. The number of hydrogen-bond donors (Lipinski definition) is 0. The van der Waals surface area contributed by atoms with E-state index in [-0.39, 0.29) is 29.7 Å². The molecule has 2 aromatic rings. The van der Waals surface area contributed by atoms with Crippen molar-refractivity contribution in [1.29, 1.82) is 0 Å². The van der Waals surface area contributed by atoms with Crippen LogP contribution < -0.4 is 0 Å². The van der Waals surface area contributed by atoms with E-state index in [0.29, 0.717) is 11.3 Å². The molecule has 2 bridgehead atoms. The van der Waals surface area contributed by atoms with Gasteiger partial charge < -0.3 is 9.47 Å². The summed E-state index contributed by atoms with van der Waals surface area (Å²) in [6.45, 7) is 11.6. The minimum Gasteiger partial charge on any atom is -0.429 e. The van der Waals surface area contributed by atoms with E-state index < -0.39 is 11.0 Å². The molecule has 2 aromatic carbocycles. The number of allylic oxidation sites excluding steroid dienone is 1. The van der Waals surface area contributed by atoms with Gasteiger partial charge in [-0.05, 0) is 82.2 Å². The lowest BCUT2D eigenvalue weighted by Gasteiger charge is -2.28. The predicted octanol–water partition coefficient (Wildman–Crippen LogP) is 6.04. The number of fused-ring (bicyclic) bond motifs is 5. The van der Waals surface area contributed by atoms with Crippen LogP contribution in [0, 0.1) is 31.1 Å². The van der Waals surface area contributed by atoms with Gasteiger partial charge in [0.1, 0.15) is 5.76 Å². The van der Waals surface area contributed by atoms with Crippen LogP contribution in [-0.4, -0.2) is 23.5 Å². The molecule has 2 fully saturated rings. The van der Waals surface area contributed by atoms with E-state index in [4.69, 9.17) is 9.47 Å². The number of hydrogen-bond acceptors (Lipinski definition) is 4. The van der Waals surface area contributed by atoms with E-state index in [2.05, 4.69) is 24.3 Å². The van der Waals surface area contributed by atoms with Gasteiger partial charge in [0, 0.05) is 0 Å². The number of aryl methyl sites for hydroxylation is 2. The third-order valence-corrected chi connectivity index (χ3v) is 7.55. The molecule has 2 unspecified atom stereocenters. The molecular formula is C29H32O4. The van der Waals surface area contributed by atoms with Crippen LogP contribution in [0.15, 0.2) is 48.2 Å². The number of carbonyl (C=O) groups is 2. The summed E-state index contributed by atoms with van der Waals surface area (Å²) in [5.41, 5.74) is 4.61. The van der Waals surface area contributed by atoms with Crippen molar-refractivity contribution in [2.24, 2.45) is 17.3 Å². The molecular weight excluding hydrogens is 412 g/mol. The molecule has 33 heavy (non-hydrogen) atoms. The van der Waals surface area contributed by atoms with E-state index in [0.717, 1.165) is 40.7 Å². The zero-order valence-corrected chi connectivity index (χ0v) is 20.3. The molecule has 2 aliphatic heterocycles. The molecule has 3 aliphatic rings. The van der Waals surface area contributed by atoms with Crippen molar-refractivity contribution in [2.75, 3.05) is 0 Å². The van der Waals surface area contributed by atoms with E-state index >= 15 is 0 Å². The van der Waals surface area contributed by atoms with Crippen LogP contribution in [0.4, 0.5) is 0 Å². The molecule has 2 saturated heterocycles. The highest BCUT2D eigenvalue weighted by molar-refractivity contribution is 6.26. The molecule has 4 atom stereocenters. The lowest BCUT2D eigenvalue weighted by Crippen LogP contribution is -2.38. The maximum atomic E-state index is 14.0. The molecule has 0 aromatic heterocycles. The maximum Gasteiger partial charge on any atom is 0.316 e. The first kappa shape index (κ1) is 22.1. The third kappa shape index (κ3) is 3.38. The van der Waals surface area contributed by atoms with Crippen molar-refractivity contribution in [2.45, 2.75) is 66.1 Å². The first-order valence-electron chi connectivity index (χ1n) is 11.9. The molecule has 0 radical (unpaired) electrons. The zero-order chi connectivity index (χ0) is 23.7. The Labute approximate surface area is 196 Å². The first-order valence-corrected chi connectivity index (χ1v) is 11.9. The molecule has 4 nitrogen and oxygen atoms in total. The lowest BCUT2D eigenvalue weighted by molar-refractivity contribution is -0.149. The SMILES string of the molecule is Cc1cc(-c2ccccc2)cc(C)c1C1=C(OC(=O)C(C)(C)C)[C@@H]2C3CCC(C)(O3)[C@@H]2C1=O. The zero-order valence-electron chi connectivity index (χ0n) is 20.3. The van der Waals surface area contributed by atoms with Gasteiger partial charge in [0.2, 0.25) is 0 Å². The molecule has 0 amide bonds. The molecule has 0 N–H and O–H groups in total. The second kappa shape index (κ2) is 7.39. The van der Waals surface area contributed by atoms with Gasteiger partial charge in [-0.25, -0.2) is 0 Å². The molecule has 2 heterocycles. The fraction of sp³-hybridized carbons (Fsp3) is 0.448. The van der Waals surface area contributed by atoms with Crippen molar-refractivity contribution in [3.8, 4) is 11.1 Å². The Morgan fingerprint density at radius 1 is 1.06 bits per heavy atom. The number of ether oxygens (including phenoxy) is 2. The Bertz CT molecular complexity index is 1160. The van der Waals surface area contributed by atoms with Crippen LogP contribution in [0.5, 0.6) is 0 Å². The van der Waals surface area contributed by atoms with Crippen molar-refractivity contribution in [3.63, 3.8) is 0 Å². The number of benzene rings is 2. The van der Waals surface area contributed by atoms with Crippen LogP contribution in [0.1, 0.15) is 57.2 Å². The molecule has 0 saturated carbocycles. The number of carbonyl (C=O) groups excluding carboxylic acids is 2. The highest BCUT2D eigenvalue weighted by Gasteiger charge is 2.65. The van der Waals surface area contributed by atoms with Crippen molar-refractivity contribution in [1.82, 2.24) is 0 Å². The fourth-order valence-corrected chi connectivity index (χ4v) is 5.95. The van der Waals surface area contributed by atoms with Gasteiger partial charge >= 0.3 is 5.97 Å². The maximum absolute atomic E-state index is 14.0. The van der Waals surface area contributed by atoms with Crippen molar-refractivity contribution >= 4 is 17.3 Å². The molecule has 0 spiro atoms. The van der Waals surface area contributed by atoms with Gasteiger partial charge in [0.05, 0.1) is 34.5 Å². The molecule has 5 rings (SSSR count). The summed E-state index contributed by atoms with van der Waals surface area (Å²) in [6, 6.07) is 14.5. The fourth-order valence-electron chi connectivity index (χ4n) is 5.95. The normalized spacial score (nSPS) is 28.4. The average Bonchev–Trinajstić information content (AvgIpc) is 3.37. The van der Waals surface area contributed by atoms with E-state index in [9.17, 15) is 9.59 Å². The van der Waals surface area contributed by atoms with Gasteiger partial charge in [0.25, 0.3) is 0 Å². The third-order valence-electron chi connectivity index (χ3n) is 7.55. The topological polar surface area (TPSA) is 52.6 Å². The largest absolute Gasteiger partial charge is 0.429 e. The summed E-state index contributed by atoms with van der Waals surface area (Å²) in [4.78, 5) is 26.9. The Morgan fingerprint density at radius 2 is 1.70 bits per heavy atom. The van der Waals surface area contributed by atoms with E-state index in [1.165, 1.54) is 0 Å². The minimum absolute atomic E-state index is 0.0556. The van der Waals surface area contributed by atoms with Crippen molar-refractivity contribution < 1.29 is 19.1 Å². The highest BCUT2D eigenvalue weighted by atomic mass is 16.6. The number of rotatable bonds is 3. The van der Waals surface area contributed by atoms with Crippen molar-refractivity contribution in [3.05, 3.63) is 64.9 Å². The Morgan fingerprint density at radius 3 is 2.30 bits per heavy atom. The van der Waals surface area contributed by atoms with Gasteiger partial charge in [-0.1, -0.05) is 42.5 Å². The van der Waals surface area contributed by atoms with Gasteiger partial charge in [-0.15, -0.1) is 0 Å². The smallest absolute Gasteiger partial charge is 0.316 e. The van der Waals surface area contributed by atoms with Crippen LogP contribution in [0.2, 0.25) is 0 Å². The Kier molecular flexibility index (Phi) is 4.95. The van der Waals surface area contributed by atoms with Crippen LogP contribution in [-0.2, 0) is 19.1 Å². The van der Waals surface area contributed by atoms with E-state index in [1.807, 2.05) is 59.7 Å². The average molecular weight is 445 g/mol. The monoisotopic (exact) mass is 444 g/mol. The predicted molar refractivity (Wildman–Crippen MR) is 128 cm³/mol. The molecule has 172 valence electrons. The Hall–Kier alpha value is -2.72. The number of esters is 1. The number of Topliss-reactive ketones (excluding diaryl/α,β-unsaturated/α-hetero) is 1. The van der Waals surface area contributed by atoms with Crippen LogP contribution in [0.25, 0.3) is 16.7 Å². The quantitative estimate of drug-likeness (QED) is 0.542. The minimum atomic E-state index is -0.664. The summed E-state index contributed by atoms with van der Waals surface area (Å²) in [6.07, 6.45) is 1.68.